The van der Waals surface area contributed by atoms with Crippen LogP contribution in [0.15, 0.2) is 59.4 Å². The van der Waals surface area contributed by atoms with Crippen molar-refractivity contribution in [2.75, 3.05) is 0 Å². The van der Waals surface area contributed by atoms with E-state index in [4.69, 9.17) is 0 Å². The number of nitrogens with zero attached hydrogens (tertiary/aromatic N) is 2. The molecule has 0 amide bonds. The monoisotopic (exact) mass is 255 g/mol. The minimum atomic E-state index is -0.356. The SMILES string of the molecule is O=c1[nH]nc(-c2ccccc2)n1-c1ccc(F)cc1. The molecule has 0 atom stereocenters. The molecule has 94 valence electrons. The van der Waals surface area contributed by atoms with Gasteiger partial charge in [-0.1, -0.05) is 30.3 Å². The van der Waals surface area contributed by atoms with Gasteiger partial charge in [0.15, 0.2) is 5.82 Å². The predicted octanol–water partition coefficient (Wildman–Crippen LogP) is 2.37. The Hall–Kier alpha value is -2.69. The second kappa shape index (κ2) is 4.53. The zero-order valence-electron chi connectivity index (χ0n) is 9.88. The summed E-state index contributed by atoms with van der Waals surface area (Å²) >= 11 is 0. The molecule has 0 bridgehead atoms. The van der Waals surface area contributed by atoms with E-state index in [1.165, 1.54) is 16.7 Å². The molecular weight excluding hydrogens is 245 g/mol. The van der Waals surface area contributed by atoms with Gasteiger partial charge in [-0.3, -0.25) is 0 Å². The lowest BCUT2D eigenvalue weighted by molar-refractivity contribution is 0.627. The van der Waals surface area contributed by atoms with Crippen LogP contribution in [0.2, 0.25) is 0 Å². The molecule has 1 heterocycles. The molecule has 4 nitrogen and oxygen atoms in total. The molecule has 2 aromatic carbocycles. The average Bonchev–Trinajstić information content (AvgIpc) is 2.83. The van der Waals surface area contributed by atoms with Crippen molar-refractivity contribution in [3.8, 4) is 17.1 Å². The van der Waals surface area contributed by atoms with Gasteiger partial charge in [-0.2, -0.15) is 5.10 Å². The van der Waals surface area contributed by atoms with E-state index < -0.39 is 0 Å². The maximum atomic E-state index is 12.9. The van der Waals surface area contributed by atoms with Crippen molar-refractivity contribution in [2.45, 2.75) is 0 Å². The molecule has 1 N–H and O–H groups in total. The summed E-state index contributed by atoms with van der Waals surface area (Å²) in [4.78, 5) is 11.8. The van der Waals surface area contributed by atoms with Crippen LogP contribution in [0.5, 0.6) is 0 Å². The van der Waals surface area contributed by atoms with Crippen molar-refractivity contribution in [3.05, 3.63) is 70.9 Å². The molecule has 0 saturated carbocycles. The van der Waals surface area contributed by atoms with Gasteiger partial charge in [0.05, 0.1) is 5.69 Å². The van der Waals surface area contributed by atoms with Gasteiger partial charge in [0.25, 0.3) is 0 Å². The Bertz CT molecular complexity index is 744. The summed E-state index contributed by atoms with van der Waals surface area (Å²) in [5.41, 5.74) is 1.02. The molecule has 0 aliphatic rings. The van der Waals surface area contributed by atoms with E-state index in [-0.39, 0.29) is 11.5 Å². The Kier molecular flexibility index (Phi) is 2.72. The van der Waals surface area contributed by atoms with E-state index in [0.717, 1.165) is 5.56 Å². The Morgan fingerprint density at radius 3 is 2.37 bits per heavy atom. The lowest BCUT2D eigenvalue weighted by Crippen LogP contribution is -2.15. The highest BCUT2D eigenvalue weighted by Crippen LogP contribution is 2.18. The van der Waals surface area contributed by atoms with Crippen molar-refractivity contribution >= 4 is 0 Å². The van der Waals surface area contributed by atoms with Gasteiger partial charge < -0.3 is 0 Å². The molecule has 1 aromatic heterocycles. The third-order valence-electron chi connectivity index (χ3n) is 2.79. The molecule has 3 aromatic rings. The van der Waals surface area contributed by atoms with E-state index in [0.29, 0.717) is 11.5 Å². The third kappa shape index (κ3) is 2.06. The first-order valence-electron chi connectivity index (χ1n) is 5.74. The molecule has 5 heteroatoms. The standard InChI is InChI=1S/C14H10FN3O/c15-11-6-8-12(9-7-11)18-13(16-17-14(18)19)10-4-2-1-3-5-10/h1-9H,(H,17,19). The maximum Gasteiger partial charge on any atom is 0.348 e. The maximum absolute atomic E-state index is 12.9. The van der Waals surface area contributed by atoms with E-state index in [9.17, 15) is 9.18 Å². The molecule has 3 rings (SSSR count). The molecular formula is C14H10FN3O. The second-order valence-electron chi connectivity index (χ2n) is 4.03. The van der Waals surface area contributed by atoms with Crippen LogP contribution in [0.4, 0.5) is 4.39 Å². The number of aromatic amines is 1. The number of benzene rings is 2. The molecule has 0 fully saturated rings. The van der Waals surface area contributed by atoms with Crippen LogP contribution in [-0.4, -0.2) is 14.8 Å². The Balaban J connectivity index is 2.19. The lowest BCUT2D eigenvalue weighted by Gasteiger charge is -2.05. The first-order chi connectivity index (χ1) is 9.25. The zero-order chi connectivity index (χ0) is 13.2. The van der Waals surface area contributed by atoms with Crippen LogP contribution < -0.4 is 5.69 Å². The summed E-state index contributed by atoms with van der Waals surface area (Å²) in [6.45, 7) is 0. The van der Waals surface area contributed by atoms with Crippen LogP contribution in [0.1, 0.15) is 0 Å². The van der Waals surface area contributed by atoms with Crippen LogP contribution in [0, 0.1) is 5.82 Å². The van der Waals surface area contributed by atoms with E-state index >= 15 is 0 Å². The zero-order valence-corrected chi connectivity index (χ0v) is 9.88. The fourth-order valence-electron chi connectivity index (χ4n) is 1.91. The summed E-state index contributed by atoms with van der Waals surface area (Å²) in [5.74, 6) is 0.152. The Labute approximate surface area is 108 Å². The van der Waals surface area contributed by atoms with Gasteiger partial charge >= 0.3 is 5.69 Å². The number of hydrogen-bond donors (Lipinski definition) is 1. The highest BCUT2D eigenvalue weighted by atomic mass is 19.1. The van der Waals surface area contributed by atoms with Crippen molar-refractivity contribution in [1.82, 2.24) is 14.8 Å². The van der Waals surface area contributed by atoms with E-state index in [1.54, 1.807) is 12.1 Å². The molecule has 0 saturated heterocycles. The summed E-state index contributed by atoms with van der Waals surface area (Å²) < 4.78 is 14.4. The molecule has 0 aliphatic heterocycles. The van der Waals surface area contributed by atoms with E-state index in [2.05, 4.69) is 10.2 Å². The van der Waals surface area contributed by atoms with Crippen LogP contribution >= 0.6 is 0 Å². The molecule has 0 aliphatic carbocycles. The summed E-state index contributed by atoms with van der Waals surface area (Å²) in [6, 6.07) is 15.0. The smallest absolute Gasteiger partial charge is 0.246 e. The van der Waals surface area contributed by atoms with Crippen LogP contribution in [0.3, 0.4) is 0 Å². The average molecular weight is 255 g/mol. The summed E-state index contributed by atoms with van der Waals surface area (Å²) in [7, 11) is 0. The molecule has 0 unspecified atom stereocenters. The van der Waals surface area contributed by atoms with Crippen LogP contribution in [-0.2, 0) is 0 Å². The predicted molar refractivity (Wildman–Crippen MR) is 69.6 cm³/mol. The number of aromatic nitrogens is 3. The van der Waals surface area contributed by atoms with Gasteiger partial charge in [0.1, 0.15) is 5.82 Å². The number of rotatable bonds is 2. The highest BCUT2D eigenvalue weighted by Gasteiger charge is 2.11. The first-order valence-corrected chi connectivity index (χ1v) is 5.74. The number of halogens is 1. The normalized spacial score (nSPS) is 10.6. The highest BCUT2D eigenvalue weighted by molar-refractivity contribution is 5.57. The van der Waals surface area contributed by atoms with Crippen molar-refractivity contribution < 1.29 is 4.39 Å². The van der Waals surface area contributed by atoms with E-state index in [1.807, 2.05) is 30.3 Å². The number of H-pyrrole nitrogens is 1. The number of nitrogens with one attached hydrogen (secondary N) is 1. The van der Waals surface area contributed by atoms with Gasteiger partial charge in [-0.25, -0.2) is 18.9 Å². The van der Waals surface area contributed by atoms with Gasteiger partial charge in [0, 0.05) is 5.56 Å². The van der Waals surface area contributed by atoms with Crippen molar-refractivity contribution in [2.24, 2.45) is 0 Å². The summed E-state index contributed by atoms with van der Waals surface area (Å²) in [6.07, 6.45) is 0. The quantitative estimate of drug-likeness (QED) is 0.764. The van der Waals surface area contributed by atoms with Crippen molar-refractivity contribution in [3.63, 3.8) is 0 Å². The molecule has 19 heavy (non-hydrogen) atoms. The Morgan fingerprint density at radius 1 is 1.00 bits per heavy atom. The topological polar surface area (TPSA) is 50.7 Å². The number of hydrogen-bond acceptors (Lipinski definition) is 2. The second-order valence-corrected chi connectivity index (χ2v) is 4.03. The third-order valence-corrected chi connectivity index (χ3v) is 2.79. The fourth-order valence-corrected chi connectivity index (χ4v) is 1.91. The van der Waals surface area contributed by atoms with Crippen molar-refractivity contribution in [1.29, 1.82) is 0 Å². The molecule has 0 radical (unpaired) electrons. The molecule has 0 spiro atoms. The first kappa shape index (κ1) is 11.4. The van der Waals surface area contributed by atoms with Gasteiger partial charge in [-0.15, -0.1) is 0 Å². The van der Waals surface area contributed by atoms with Gasteiger partial charge in [0.2, 0.25) is 0 Å². The summed E-state index contributed by atoms with van der Waals surface area (Å²) in [5, 5.41) is 6.43. The minimum absolute atomic E-state index is 0.346. The lowest BCUT2D eigenvalue weighted by atomic mass is 10.2. The Morgan fingerprint density at radius 2 is 1.68 bits per heavy atom. The largest absolute Gasteiger partial charge is 0.348 e. The fraction of sp³-hybridized carbons (Fsp3) is 0. The van der Waals surface area contributed by atoms with Crippen LogP contribution in [0.25, 0.3) is 17.1 Å². The minimum Gasteiger partial charge on any atom is -0.246 e. The van der Waals surface area contributed by atoms with Gasteiger partial charge in [-0.05, 0) is 24.3 Å².